The van der Waals surface area contributed by atoms with Crippen LogP contribution >= 0.6 is 15.9 Å². The minimum Gasteiger partial charge on any atom is -0.390 e. The minimum absolute atomic E-state index is 0.0295. The van der Waals surface area contributed by atoms with E-state index in [4.69, 9.17) is 5.11 Å². The van der Waals surface area contributed by atoms with Gasteiger partial charge in [0, 0.05) is 23.3 Å². The first-order valence-electron chi connectivity index (χ1n) is 4.60. The Labute approximate surface area is 96.5 Å². The summed E-state index contributed by atoms with van der Waals surface area (Å²) >= 11 is 3.48. The largest absolute Gasteiger partial charge is 0.390 e. The van der Waals surface area contributed by atoms with Crippen molar-refractivity contribution < 1.29 is 5.11 Å². The van der Waals surface area contributed by atoms with Gasteiger partial charge in [-0.25, -0.2) is 4.98 Å². The van der Waals surface area contributed by atoms with E-state index in [2.05, 4.69) is 20.9 Å². The zero-order chi connectivity index (χ0) is 10.8. The van der Waals surface area contributed by atoms with Crippen LogP contribution in [0.25, 0.3) is 11.4 Å². The predicted octanol–water partition coefficient (Wildman–Crippen LogP) is 2.34. The van der Waals surface area contributed by atoms with E-state index in [0.29, 0.717) is 5.69 Å². The van der Waals surface area contributed by atoms with Gasteiger partial charge in [-0.3, -0.25) is 0 Å². The van der Waals surface area contributed by atoms with Crippen LogP contribution in [0.1, 0.15) is 5.69 Å². The Morgan fingerprint density at radius 1 is 1.40 bits per heavy atom. The summed E-state index contributed by atoms with van der Waals surface area (Å²) < 4.78 is 2.91. The lowest BCUT2D eigenvalue weighted by molar-refractivity contribution is 0.277. The number of benzene rings is 1. The van der Waals surface area contributed by atoms with Crippen LogP contribution in [-0.4, -0.2) is 14.7 Å². The molecule has 1 aromatic carbocycles. The first kappa shape index (κ1) is 10.4. The second-order valence-electron chi connectivity index (χ2n) is 3.30. The molecule has 1 N–H and O–H groups in total. The third-order valence-electron chi connectivity index (χ3n) is 2.20. The molecule has 0 saturated carbocycles. The molecule has 3 nitrogen and oxygen atoms in total. The molecule has 2 rings (SSSR count). The Balaban J connectivity index is 2.54. The molecule has 0 amide bonds. The van der Waals surface area contributed by atoms with E-state index in [-0.39, 0.29) is 6.61 Å². The molecular weight excluding hydrogens is 256 g/mol. The van der Waals surface area contributed by atoms with Gasteiger partial charge in [0.2, 0.25) is 0 Å². The van der Waals surface area contributed by atoms with Gasteiger partial charge < -0.3 is 9.67 Å². The van der Waals surface area contributed by atoms with E-state index < -0.39 is 0 Å². The van der Waals surface area contributed by atoms with Gasteiger partial charge in [-0.1, -0.05) is 34.1 Å². The Bertz CT molecular complexity index is 479. The van der Waals surface area contributed by atoms with Gasteiger partial charge in [-0.15, -0.1) is 0 Å². The van der Waals surface area contributed by atoms with E-state index in [0.717, 1.165) is 15.9 Å². The lowest BCUT2D eigenvalue weighted by atomic mass is 10.2. The van der Waals surface area contributed by atoms with Crippen molar-refractivity contribution in [2.75, 3.05) is 0 Å². The summed E-state index contributed by atoms with van der Waals surface area (Å²) in [5.74, 6) is 0.853. The molecule has 1 heterocycles. The first-order valence-corrected chi connectivity index (χ1v) is 5.39. The van der Waals surface area contributed by atoms with E-state index in [1.165, 1.54) is 0 Å². The normalized spacial score (nSPS) is 10.6. The van der Waals surface area contributed by atoms with Crippen molar-refractivity contribution in [1.29, 1.82) is 0 Å². The van der Waals surface area contributed by atoms with Gasteiger partial charge in [0.15, 0.2) is 0 Å². The van der Waals surface area contributed by atoms with Gasteiger partial charge in [-0.05, 0) is 6.07 Å². The fourth-order valence-electron chi connectivity index (χ4n) is 1.50. The highest BCUT2D eigenvalue weighted by molar-refractivity contribution is 9.10. The predicted molar refractivity (Wildman–Crippen MR) is 62.3 cm³/mol. The molecule has 15 heavy (non-hydrogen) atoms. The molecule has 1 aromatic heterocycles. The van der Waals surface area contributed by atoms with E-state index in [1.807, 2.05) is 42.1 Å². The van der Waals surface area contributed by atoms with Gasteiger partial charge in [0.05, 0.1) is 12.3 Å². The van der Waals surface area contributed by atoms with Crippen molar-refractivity contribution in [3.8, 4) is 11.4 Å². The number of imidazole rings is 1. The maximum Gasteiger partial charge on any atom is 0.141 e. The Morgan fingerprint density at radius 2 is 2.13 bits per heavy atom. The standard InChI is InChI=1S/C11H11BrN2O/c1-14-6-8(7-15)13-11(14)9-4-2-3-5-10(9)12/h2-6,15H,7H2,1H3. The highest BCUT2D eigenvalue weighted by atomic mass is 79.9. The van der Waals surface area contributed by atoms with Crippen LogP contribution in [-0.2, 0) is 13.7 Å². The molecule has 0 unspecified atom stereocenters. The molecular formula is C11H11BrN2O. The summed E-state index contributed by atoms with van der Waals surface area (Å²) in [4.78, 5) is 4.34. The smallest absolute Gasteiger partial charge is 0.141 e. The Morgan fingerprint density at radius 3 is 2.73 bits per heavy atom. The fourth-order valence-corrected chi connectivity index (χ4v) is 1.96. The van der Waals surface area contributed by atoms with Crippen LogP contribution in [0, 0.1) is 0 Å². The number of aliphatic hydroxyl groups is 1. The zero-order valence-corrected chi connectivity index (χ0v) is 9.90. The number of aromatic nitrogens is 2. The molecule has 0 aliphatic carbocycles. The van der Waals surface area contributed by atoms with Crippen molar-refractivity contribution >= 4 is 15.9 Å². The van der Waals surface area contributed by atoms with Gasteiger partial charge in [0.25, 0.3) is 0 Å². The van der Waals surface area contributed by atoms with Gasteiger partial charge in [0.1, 0.15) is 5.82 Å². The summed E-state index contributed by atoms with van der Waals surface area (Å²) in [6.45, 7) is -0.0295. The number of nitrogens with zero attached hydrogens (tertiary/aromatic N) is 2. The SMILES string of the molecule is Cn1cc(CO)nc1-c1ccccc1Br. The summed E-state index contributed by atoms with van der Waals surface area (Å²) in [6.07, 6.45) is 1.83. The van der Waals surface area contributed by atoms with Crippen LogP contribution in [0.5, 0.6) is 0 Å². The minimum atomic E-state index is -0.0295. The lowest BCUT2D eigenvalue weighted by Gasteiger charge is -2.03. The summed E-state index contributed by atoms with van der Waals surface area (Å²) in [6, 6.07) is 7.90. The molecule has 0 fully saturated rings. The van der Waals surface area contributed by atoms with Crippen molar-refractivity contribution in [3.05, 3.63) is 40.6 Å². The molecule has 0 radical (unpaired) electrons. The maximum atomic E-state index is 9.00. The molecule has 78 valence electrons. The van der Waals surface area contributed by atoms with Crippen molar-refractivity contribution in [1.82, 2.24) is 9.55 Å². The zero-order valence-electron chi connectivity index (χ0n) is 8.31. The third-order valence-corrected chi connectivity index (χ3v) is 2.89. The first-order chi connectivity index (χ1) is 7.22. The number of hydrogen-bond acceptors (Lipinski definition) is 2. The van der Waals surface area contributed by atoms with Crippen LogP contribution < -0.4 is 0 Å². The fraction of sp³-hybridized carbons (Fsp3) is 0.182. The molecule has 0 saturated heterocycles. The number of aliphatic hydroxyl groups excluding tert-OH is 1. The summed E-state index contributed by atoms with van der Waals surface area (Å²) in [5.41, 5.74) is 1.71. The number of hydrogen-bond donors (Lipinski definition) is 1. The number of halogens is 1. The van der Waals surface area contributed by atoms with Crippen molar-refractivity contribution in [2.24, 2.45) is 7.05 Å². The van der Waals surface area contributed by atoms with Gasteiger partial charge >= 0.3 is 0 Å². The summed E-state index contributed by atoms with van der Waals surface area (Å²) in [5, 5.41) is 9.00. The topological polar surface area (TPSA) is 38.0 Å². The van der Waals surface area contributed by atoms with Crippen LogP contribution in [0.4, 0.5) is 0 Å². The second-order valence-corrected chi connectivity index (χ2v) is 4.16. The molecule has 4 heteroatoms. The van der Waals surface area contributed by atoms with E-state index in [1.54, 1.807) is 0 Å². The molecule has 0 atom stereocenters. The average Bonchev–Trinajstić information content (AvgIpc) is 2.60. The monoisotopic (exact) mass is 266 g/mol. The number of rotatable bonds is 2. The quantitative estimate of drug-likeness (QED) is 0.906. The molecule has 0 bridgehead atoms. The second kappa shape index (κ2) is 4.16. The van der Waals surface area contributed by atoms with Crippen LogP contribution in [0.3, 0.4) is 0 Å². The third kappa shape index (κ3) is 1.96. The number of aryl methyl sites for hydroxylation is 1. The molecule has 0 aliphatic rings. The van der Waals surface area contributed by atoms with Crippen molar-refractivity contribution in [2.45, 2.75) is 6.61 Å². The summed E-state index contributed by atoms with van der Waals surface area (Å²) in [7, 11) is 1.92. The Hall–Kier alpha value is -1.13. The molecule has 2 aromatic rings. The van der Waals surface area contributed by atoms with Crippen molar-refractivity contribution in [3.63, 3.8) is 0 Å². The van der Waals surface area contributed by atoms with Crippen LogP contribution in [0.2, 0.25) is 0 Å². The molecule has 0 aliphatic heterocycles. The highest BCUT2D eigenvalue weighted by Gasteiger charge is 2.09. The Kier molecular flexibility index (Phi) is 2.88. The maximum absolute atomic E-state index is 9.00. The van der Waals surface area contributed by atoms with Crippen LogP contribution in [0.15, 0.2) is 34.9 Å². The highest BCUT2D eigenvalue weighted by Crippen LogP contribution is 2.26. The lowest BCUT2D eigenvalue weighted by Crippen LogP contribution is -1.91. The average molecular weight is 267 g/mol. The molecule has 0 spiro atoms. The van der Waals surface area contributed by atoms with E-state index in [9.17, 15) is 0 Å². The van der Waals surface area contributed by atoms with E-state index >= 15 is 0 Å². The van der Waals surface area contributed by atoms with Gasteiger partial charge in [-0.2, -0.15) is 0 Å².